The van der Waals surface area contributed by atoms with Gasteiger partial charge >= 0.3 is 0 Å². The molecule has 0 N–H and O–H groups in total. The van der Waals surface area contributed by atoms with Gasteiger partial charge in [0.25, 0.3) is 0 Å². The SMILES string of the molecule is c1coc(CN2CCN(c3ncc(-c4cccs4)c(-c4nccs4)n3)CC2)c1. The highest BCUT2D eigenvalue weighted by molar-refractivity contribution is 7.14. The van der Waals surface area contributed by atoms with Crippen molar-refractivity contribution in [2.45, 2.75) is 6.54 Å². The molecule has 0 atom stereocenters. The van der Waals surface area contributed by atoms with Crippen LogP contribution in [0.2, 0.25) is 0 Å². The fourth-order valence-corrected chi connectivity index (χ4v) is 4.75. The summed E-state index contributed by atoms with van der Waals surface area (Å²) < 4.78 is 5.47. The zero-order chi connectivity index (χ0) is 18.8. The highest BCUT2D eigenvalue weighted by atomic mass is 32.1. The van der Waals surface area contributed by atoms with E-state index in [1.54, 1.807) is 28.9 Å². The van der Waals surface area contributed by atoms with E-state index in [0.29, 0.717) is 0 Å². The van der Waals surface area contributed by atoms with Crippen LogP contribution in [-0.2, 0) is 6.54 Å². The predicted molar refractivity (Wildman–Crippen MR) is 113 cm³/mol. The summed E-state index contributed by atoms with van der Waals surface area (Å²) in [6, 6.07) is 8.12. The second kappa shape index (κ2) is 7.83. The van der Waals surface area contributed by atoms with Gasteiger partial charge in [0.1, 0.15) is 16.5 Å². The van der Waals surface area contributed by atoms with Crippen molar-refractivity contribution < 1.29 is 4.42 Å². The van der Waals surface area contributed by atoms with Crippen LogP contribution in [0.5, 0.6) is 0 Å². The Bertz CT molecular complexity index is 1010. The molecule has 4 aromatic heterocycles. The molecule has 0 spiro atoms. The van der Waals surface area contributed by atoms with E-state index in [9.17, 15) is 0 Å². The van der Waals surface area contributed by atoms with Crippen molar-refractivity contribution in [3.63, 3.8) is 0 Å². The van der Waals surface area contributed by atoms with Crippen molar-refractivity contribution in [3.05, 3.63) is 59.4 Å². The van der Waals surface area contributed by atoms with E-state index in [1.165, 1.54) is 4.88 Å². The molecule has 5 rings (SSSR count). The van der Waals surface area contributed by atoms with Gasteiger partial charge in [0.05, 0.1) is 12.8 Å². The third kappa shape index (κ3) is 3.58. The number of piperazine rings is 1. The highest BCUT2D eigenvalue weighted by Crippen LogP contribution is 2.34. The molecule has 1 saturated heterocycles. The van der Waals surface area contributed by atoms with E-state index in [2.05, 4.69) is 32.3 Å². The standard InChI is InChI=1S/C20H19N5OS2/c1-3-15(26-10-1)14-24-6-8-25(9-7-24)20-22-13-16(17-4-2-11-27-17)18(23-20)19-21-5-12-28-19/h1-5,10-13H,6-9,14H2. The van der Waals surface area contributed by atoms with Crippen molar-refractivity contribution in [1.82, 2.24) is 19.9 Å². The average Bonchev–Trinajstić information content (AvgIpc) is 3.51. The van der Waals surface area contributed by atoms with Gasteiger partial charge in [-0.3, -0.25) is 4.90 Å². The molecular formula is C20H19N5OS2. The summed E-state index contributed by atoms with van der Waals surface area (Å²) in [6.45, 7) is 4.57. The lowest BCUT2D eigenvalue weighted by atomic mass is 10.2. The van der Waals surface area contributed by atoms with Crippen molar-refractivity contribution in [2.24, 2.45) is 0 Å². The maximum absolute atomic E-state index is 5.47. The summed E-state index contributed by atoms with van der Waals surface area (Å²) in [7, 11) is 0. The van der Waals surface area contributed by atoms with Crippen LogP contribution in [0.25, 0.3) is 21.1 Å². The molecule has 28 heavy (non-hydrogen) atoms. The summed E-state index contributed by atoms with van der Waals surface area (Å²) in [6.07, 6.45) is 5.50. The molecule has 0 bridgehead atoms. The van der Waals surface area contributed by atoms with Gasteiger partial charge in [-0.1, -0.05) is 6.07 Å². The van der Waals surface area contributed by atoms with Crippen molar-refractivity contribution in [2.75, 3.05) is 31.1 Å². The number of hydrogen-bond donors (Lipinski definition) is 0. The molecule has 5 heterocycles. The largest absolute Gasteiger partial charge is 0.468 e. The topological polar surface area (TPSA) is 58.3 Å². The Hall–Kier alpha value is -2.55. The van der Waals surface area contributed by atoms with Gasteiger partial charge in [-0.15, -0.1) is 22.7 Å². The van der Waals surface area contributed by atoms with Crippen molar-refractivity contribution in [3.8, 4) is 21.1 Å². The average molecular weight is 410 g/mol. The van der Waals surface area contributed by atoms with E-state index in [4.69, 9.17) is 14.4 Å². The second-order valence-corrected chi connectivity index (χ2v) is 8.43. The minimum atomic E-state index is 0.781. The number of aromatic nitrogens is 3. The van der Waals surface area contributed by atoms with E-state index in [1.807, 2.05) is 29.9 Å². The Morgan fingerprint density at radius 3 is 2.64 bits per heavy atom. The summed E-state index contributed by atoms with van der Waals surface area (Å²) in [5.41, 5.74) is 1.96. The fourth-order valence-electron chi connectivity index (χ4n) is 3.37. The molecule has 142 valence electrons. The zero-order valence-corrected chi connectivity index (χ0v) is 16.8. The Morgan fingerprint density at radius 1 is 1.00 bits per heavy atom. The summed E-state index contributed by atoms with van der Waals surface area (Å²) in [4.78, 5) is 19.9. The van der Waals surface area contributed by atoms with Gasteiger partial charge in [0.15, 0.2) is 0 Å². The molecular weight excluding hydrogens is 390 g/mol. The minimum Gasteiger partial charge on any atom is -0.468 e. The Balaban J connectivity index is 1.37. The quantitative estimate of drug-likeness (QED) is 0.491. The summed E-state index contributed by atoms with van der Waals surface area (Å²) in [5, 5.41) is 5.00. The Morgan fingerprint density at radius 2 is 1.93 bits per heavy atom. The zero-order valence-electron chi connectivity index (χ0n) is 15.2. The molecule has 8 heteroatoms. The molecule has 1 aliphatic rings. The molecule has 1 aliphatic heterocycles. The lowest BCUT2D eigenvalue weighted by molar-refractivity contribution is 0.229. The number of hydrogen-bond acceptors (Lipinski definition) is 8. The molecule has 0 unspecified atom stereocenters. The monoisotopic (exact) mass is 409 g/mol. The number of thiophene rings is 1. The first-order chi connectivity index (χ1) is 13.9. The third-order valence-corrected chi connectivity index (χ3v) is 6.50. The second-order valence-electron chi connectivity index (χ2n) is 6.59. The molecule has 0 saturated carbocycles. The van der Waals surface area contributed by atoms with Gasteiger partial charge in [-0.05, 0) is 23.6 Å². The normalized spacial score (nSPS) is 15.2. The van der Waals surface area contributed by atoms with Crippen LogP contribution in [-0.4, -0.2) is 46.0 Å². The van der Waals surface area contributed by atoms with Crippen LogP contribution in [0.15, 0.2) is 58.1 Å². The maximum Gasteiger partial charge on any atom is 0.226 e. The van der Waals surface area contributed by atoms with Crippen LogP contribution in [0.1, 0.15) is 5.76 Å². The van der Waals surface area contributed by atoms with Crippen LogP contribution in [0.4, 0.5) is 5.95 Å². The van der Waals surface area contributed by atoms with Crippen LogP contribution in [0.3, 0.4) is 0 Å². The Kier molecular flexibility index (Phi) is 4.90. The third-order valence-electron chi connectivity index (χ3n) is 4.81. The lowest BCUT2D eigenvalue weighted by Gasteiger charge is -2.34. The van der Waals surface area contributed by atoms with E-state index in [-0.39, 0.29) is 0 Å². The smallest absolute Gasteiger partial charge is 0.226 e. The van der Waals surface area contributed by atoms with E-state index >= 15 is 0 Å². The van der Waals surface area contributed by atoms with E-state index < -0.39 is 0 Å². The first-order valence-electron chi connectivity index (χ1n) is 9.17. The number of furan rings is 1. The first kappa shape index (κ1) is 17.5. The van der Waals surface area contributed by atoms with Crippen molar-refractivity contribution >= 4 is 28.6 Å². The lowest BCUT2D eigenvalue weighted by Crippen LogP contribution is -2.46. The molecule has 0 amide bonds. The minimum absolute atomic E-state index is 0.781. The highest BCUT2D eigenvalue weighted by Gasteiger charge is 2.22. The van der Waals surface area contributed by atoms with Crippen molar-refractivity contribution in [1.29, 1.82) is 0 Å². The van der Waals surface area contributed by atoms with Gasteiger partial charge in [-0.2, -0.15) is 0 Å². The molecule has 0 radical (unpaired) electrons. The molecule has 0 aliphatic carbocycles. The molecule has 0 aromatic carbocycles. The van der Waals surface area contributed by atoms with Crippen LogP contribution >= 0.6 is 22.7 Å². The molecule has 1 fully saturated rings. The Labute approximate surface area is 171 Å². The fraction of sp³-hybridized carbons (Fsp3) is 0.250. The molecule has 4 aromatic rings. The summed E-state index contributed by atoms with van der Waals surface area (Å²) in [5.74, 6) is 1.79. The number of anilines is 1. The number of thiazole rings is 1. The maximum atomic E-state index is 5.47. The van der Waals surface area contributed by atoms with Crippen LogP contribution in [0, 0.1) is 0 Å². The number of nitrogens with zero attached hydrogens (tertiary/aromatic N) is 5. The van der Waals surface area contributed by atoms with Gasteiger partial charge in [0.2, 0.25) is 5.95 Å². The van der Waals surface area contributed by atoms with Crippen LogP contribution < -0.4 is 4.90 Å². The van der Waals surface area contributed by atoms with E-state index in [0.717, 1.165) is 60.7 Å². The first-order valence-corrected chi connectivity index (χ1v) is 10.9. The summed E-state index contributed by atoms with van der Waals surface area (Å²) >= 11 is 3.31. The number of rotatable bonds is 5. The van der Waals surface area contributed by atoms with Gasteiger partial charge < -0.3 is 9.32 Å². The van der Waals surface area contributed by atoms with Gasteiger partial charge in [-0.25, -0.2) is 15.0 Å². The van der Waals surface area contributed by atoms with Gasteiger partial charge in [0, 0.05) is 54.4 Å². The molecule has 6 nitrogen and oxygen atoms in total. The predicted octanol–water partition coefficient (Wildman–Crippen LogP) is 4.24.